The van der Waals surface area contributed by atoms with E-state index < -0.39 is 11.5 Å². The fraction of sp³-hybridized carbons (Fsp3) is 0.800. The zero-order valence-electron chi connectivity index (χ0n) is 9.11. The summed E-state index contributed by atoms with van der Waals surface area (Å²) in [6, 6.07) is 0.345. The lowest BCUT2D eigenvalue weighted by Gasteiger charge is -2.19. The SMILES string of the molecule is NC1(C(=O)O)CCN(CC(=O)NC2CC2)C1. The van der Waals surface area contributed by atoms with Crippen molar-refractivity contribution in [1.82, 2.24) is 10.2 Å². The third-order valence-corrected chi connectivity index (χ3v) is 3.12. The van der Waals surface area contributed by atoms with E-state index in [-0.39, 0.29) is 19.0 Å². The topological polar surface area (TPSA) is 95.7 Å². The Balaban J connectivity index is 1.79. The van der Waals surface area contributed by atoms with Gasteiger partial charge in [0, 0.05) is 19.1 Å². The largest absolute Gasteiger partial charge is 0.480 e. The maximum Gasteiger partial charge on any atom is 0.325 e. The molecule has 0 spiro atoms. The summed E-state index contributed by atoms with van der Waals surface area (Å²) in [5.74, 6) is -1.02. The van der Waals surface area contributed by atoms with Crippen LogP contribution in [-0.4, -0.2) is 53.1 Å². The van der Waals surface area contributed by atoms with Crippen LogP contribution in [0.5, 0.6) is 0 Å². The van der Waals surface area contributed by atoms with Crippen molar-refractivity contribution in [2.75, 3.05) is 19.6 Å². The smallest absolute Gasteiger partial charge is 0.325 e. The number of carbonyl (C=O) groups excluding carboxylic acids is 1. The average Bonchev–Trinajstić information content (AvgIpc) is 2.90. The van der Waals surface area contributed by atoms with Crippen molar-refractivity contribution in [3.05, 3.63) is 0 Å². The Labute approximate surface area is 93.8 Å². The highest BCUT2D eigenvalue weighted by Gasteiger charge is 2.41. The summed E-state index contributed by atoms with van der Waals surface area (Å²) in [6.07, 6.45) is 2.52. The number of amides is 1. The van der Waals surface area contributed by atoms with Gasteiger partial charge in [-0.3, -0.25) is 14.5 Å². The van der Waals surface area contributed by atoms with Gasteiger partial charge in [0.15, 0.2) is 0 Å². The van der Waals surface area contributed by atoms with Gasteiger partial charge >= 0.3 is 5.97 Å². The second kappa shape index (κ2) is 4.03. The molecule has 1 aliphatic heterocycles. The number of carboxylic acid groups (broad SMARTS) is 1. The normalized spacial score (nSPS) is 30.3. The van der Waals surface area contributed by atoms with E-state index in [0.717, 1.165) is 12.8 Å². The first-order valence-electron chi connectivity index (χ1n) is 5.54. The molecule has 1 atom stereocenters. The lowest BCUT2D eigenvalue weighted by molar-refractivity contribution is -0.143. The van der Waals surface area contributed by atoms with Crippen LogP contribution < -0.4 is 11.1 Å². The van der Waals surface area contributed by atoms with Gasteiger partial charge < -0.3 is 16.2 Å². The van der Waals surface area contributed by atoms with Gasteiger partial charge in [0.25, 0.3) is 0 Å². The van der Waals surface area contributed by atoms with Crippen LogP contribution in [0.4, 0.5) is 0 Å². The summed E-state index contributed by atoms with van der Waals surface area (Å²) in [5.41, 5.74) is 4.53. The zero-order valence-corrected chi connectivity index (χ0v) is 9.11. The lowest BCUT2D eigenvalue weighted by atomic mass is 10.0. The Hall–Kier alpha value is -1.14. The van der Waals surface area contributed by atoms with Crippen molar-refractivity contribution in [2.24, 2.45) is 5.73 Å². The summed E-state index contributed by atoms with van der Waals surface area (Å²) in [5, 5.41) is 11.8. The molecule has 1 aliphatic carbocycles. The van der Waals surface area contributed by atoms with Gasteiger partial charge in [-0.05, 0) is 19.3 Å². The lowest BCUT2D eigenvalue weighted by Crippen LogP contribution is -2.50. The Morgan fingerprint density at radius 1 is 1.50 bits per heavy atom. The average molecular weight is 227 g/mol. The number of hydrogen-bond donors (Lipinski definition) is 3. The number of hydrogen-bond acceptors (Lipinski definition) is 4. The molecule has 1 amide bonds. The maximum atomic E-state index is 11.5. The minimum Gasteiger partial charge on any atom is -0.480 e. The van der Waals surface area contributed by atoms with Gasteiger partial charge in [0.1, 0.15) is 5.54 Å². The number of aliphatic carboxylic acids is 1. The highest BCUT2D eigenvalue weighted by molar-refractivity contribution is 5.81. The Kier molecular flexibility index (Phi) is 2.86. The molecular formula is C10H17N3O3. The van der Waals surface area contributed by atoms with E-state index >= 15 is 0 Å². The van der Waals surface area contributed by atoms with Crippen LogP contribution >= 0.6 is 0 Å². The highest BCUT2D eigenvalue weighted by Crippen LogP contribution is 2.20. The molecule has 2 fully saturated rings. The summed E-state index contributed by atoms with van der Waals surface area (Å²) >= 11 is 0. The first-order valence-corrected chi connectivity index (χ1v) is 5.54. The number of nitrogens with two attached hydrogens (primary N) is 1. The van der Waals surface area contributed by atoms with Crippen molar-refractivity contribution in [3.63, 3.8) is 0 Å². The molecule has 2 rings (SSSR count). The van der Waals surface area contributed by atoms with E-state index in [9.17, 15) is 9.59 Å². The van der Waals surface area contributed by atoms with Gasteiger partial charge in [-0.2, -0.15) is 0 Å². The van der Waals surface area contributed by atoms with E-state index in [1.165, 1.54) is 0 Å². The molecule has 0 aromatic rings. The van der Waals surface area contributed by atoms with Crippen molar-refractivity contribution in [2.45, 2.75) is 30.8 Å². The molecule has 90 valence electrons. The fourth-order valence-electron chi connectivity index (χ4n) is 1.93. The number of likely N-dealkylation sites (tertiary alicyclic amines) is 1. The molecule has 0 radical (unpaired) electrons. The van der Waals surface area contributed by atoms with Crippen LogP contribution in [0.2, 0.25) is 0 Å². The molecule has 1 heterocycles. The van der Waals surface area contributed by atoms with Gasteiger partial charge in [-0.25, -0.2) is 0 Å². The monoisotopic (exact) mass is 227 g/mol. The predicted octanol–water partition coefficient (Wildman–Crippen LogP) is -1.25. The predicted molar refractivity (Wildman–Crippen MR) is 56.8 cm³/mol. The zero-order chi connectivity index (χ0) is 11.8. The van der Waals surface area contributed by atoms with Gasteiger partial charge in [-0.15, -0.1) is 0 Å². The number of carbonyl (C=O) groups is 2. The molecular weight excluding hydrogens is 210 g/mol. The van der Waals surface area contributed by atoms with Crippen LogP contribution in [0.25, 0.3) is 0 Å². The second-order valence-corrected chi connectivity index (χ2v) is 4.76. The minimum atomic E-state index is -1.18. The molecule has 1 unspecified atom stereocenters. The Morgan fingerprint density at radius 2 is 2.19 bits per heavy atom. The summed E-state index contributed by atoms with van der Waals surface area (Å²) in [7, 11) is 0. The molecule has 6 heteroatoms. The molecule has 1 saturated heterocycles. The molecule has 0 bridgehead atoms. The van der Waals surface area contributed by atoms with E-state index in [1.54, 1.807) is 4.90 Å². The summed E-state index contributed by atoms with van der Waals surface area (Å²) in [4.78, 5) is 24.2. The van der Waals surface area contributed by atoms with Crippen molar-refractivity contribution < 1.29 is 14.7 Å². The molecule has 0 aromatic carbocycles. The first-order chi connectivity index (χ1) is 7.49. The highest BCUT2D eigenvalue weighted by atomic mass is 16.4. The first kappa shape index (κ1) is 11.3. The standard InChI is InChI=1S/C10H17N3O3/c11-10(9(15)16)3-4-13(6-10)5-8(14)12-7-1-2-7/h7H,1-6,11H2,(H,12,14)(H,15,16). The minimum absolute atomic E-state index is 0.0304. The summed E-state index contributed by atoms with van der Waals surface area (Å²) in [6.45, 7) is 1.07. The fourth-order valence-corrected chi connectivity index (χ4v) is 1.93. The maximum absolute atomic E-state index is 11.5. The number of carboxylic acids is 1. The van der Waals surface area contributed by atoms with E-state index in [2.05, 4.69) is 5.32 Å². The van der Waals surface area contributed by atoms with Crippen molar-refractivity contribution >= 4 is 11.9 Å². The van der Waals surface area contributed by atoms with Crippen LogP contribution in [0.15, 0.2) is 0 Å². The molecule has 16 heavy (non-hydrogen) atoms. The summed E-state index contributed by atoms with van der Waals surface area (Å²) < 4.78 is 0. The van der Waals surface area contributed by atoms with Gasteiger partial charge in [-0.1, -0.05) is 0 Å². The molecule has 1 saturated carbocycles. The Bertz CT molecular complexity index is 316. The Morgan fingerprint density at radius 3 is 2.69 bits per heavy atom. The molecule has 0 aromatic heterocycles. The second-order valence-electron chi connectivity index (χ2n) is 4.76. The molecule has 6 nitrogen and oxygen atoms in total. The van der Waals surface area contributed by atoms with E-state index in [0.29, 0.717) is 19.0 Å². The number of rotatable bonds is 4. The molecule has 4 N–H and O–H groups in total. The van der Waals surface area contributed by atoms with Gasteiger partial charge in [0.2, 0.25) is 5.91 Å². The van der Waals surface area contributed by atoms with Crippen molar-refractivity contribution in [1.29, 1.82) is 0 Å². The van der Waals surface area contributed by atoms with Gasteiger partial charge in [0.05, 0.1) is 6.54 Å². The quantitative estimate of drug-likeness (QED) is 0.558. The van der Waals surface area contributed by atoms with E-state index in [1.807, 2.05) is 0 Å². The van der Waals surface area contributed by atoms with Crippen LogP contribution in [0, 0.1) is 0 Å². The van der Waals surface area contributed by atoms with Crippen molar-refractivity contribution in [3.8, 4) is 0 Å². The number of nitrogens with one attached hydrogen (secondary N) is 1. The van der Waals surface area contributed by atoms with Crippen LogP contribution in [0.3, 0.4) is 0 Å². The third-order valence-electron chi connectivity index (χ3n) is 3.12. The van der Waals surface area contributed by atoms with Crippen LogP contribution in [0.1, 0.15) is 19.3 Å². The molecule has 2 aliphatic rings. The third kappa shape index (κ3) is 2.51. The number of nitrogens with zero attached hydrogens (tertiary/aromatic N) is 1. The van der Waals surface area contributed by atoms with Crippen LogP contribution in [-0.2, 0) is 9.59 Å². The van der Waals surface area contributed by atoms with E-state index in [4.69, 9.17) is 10.8 Å².